The van der Waals surface area contributed by atoms with Gasteiger partial charge in [-0.15, -0.1) is 10.2 Å². The van der Waals surface area contributed by atoms with Crippen LogP contribution in [-0.2, 0) is 4.79 Å². The number of aryl methyl sites for hydroxylation is 3. The van der Waals surface area contributed by atoms with Crippen molar-refractivity contribution in [1.29, 1.82) is 0 Å². The summed E-state index contributed by atoms with van der Waals surface area (Å²) in [6.45, 7) is 5.92. The maximum absolute atomic E-state index is 13.3. The summed E-state index contributed by atoms with van der Waals surface area (Å²) in [5, 5.41) is 11.7. The molecular weight excluding hydrogens is 386 g/mol. The highest BCUT2D eigenvalue weighted by Crippen LogP contribution is 2.38. The van der Waals surface area contributed by atoms with Crippen LogP contribution in [0.3, 0.4) is 0 Å². The zero-order valence-corrected chi connectivity index (χ0v) is 17.6. The van der Waals surface area contributed by atoms with Crippen molar-refractivity contribution in [3.8, 4) is 5.75 Å². The summed E-state index contributed by atoms with van der Waals surface area (Å²) in [4.78, 5) is 13.3. The number of thioether (sulfide) groups is 1. The second-order valence-corrected chi connectivity index (χ2v) is 8.26. The van der Waals surface area contributed by atoms with Crippen molar-refractivity contribution in [3.63, 3.8) is 0 Å². The van der Waals surface area contributed by atoms with E-state index in [9.17, 15) is 4.79 Å². The van der Waals surface area contributed by atoms with Gasteiger partial charge in [0, 0.05) is 5.69 Å². The lowest BCUT2D eigenvalue weighted by molar-refractivity contribution is -0.116. The zero-order valence-electron chi connectivity index (χ0n) is 16.8. The van der Waals surface area contributed by atoms with E-state index in [0.29, 0.717) is 5.16 Å². The van der Waals surface area contributed by atoms with Crippen LogP contribution in [0.4, 0.5) is 5.69 Å². The van der Waals surface area contributed by atoms with E-state index in [1.54, 1.807) is 7.11 Å². The van der Waals surface area contributed by atoms with Gasteiger partial charge < -0.3 is 15.5 Å². The van der Waals surface area contributed by atoms with Crippen molar-refractivity contribution in [3.05, 3.63) is 65.0 Å². The summed E-state index contributed by atoms with van der Waals surface area (Å²) in [5.41, 5.74) is 7.40. The lowest BCUT2D eigenvalue weighted by Crippen LogP contribution is -2.41. The molecule has 0 bridgehead atoms. The van der Waals surface area contributed by atoms with Gasteiger partial charge >= 0.3 is 0 Å². The number of benzene rings is 2. The molecule has 1 amide bonds. The average molecular weight is 410 g/mol. The molecule has 0 radical (unpaired) electrons. The number of hydrogen-bond acceptors (Lipinski definition) is 6. The van der Waals surface area contributed by atoms with Crippen LogP contribution in [0.15, 0.2) is 47.6 Å². The Kier molecular flexibility index (Phi) is 5.19. The average Bonchev–Trinajstić information content (AvgIpc) is 3.06. The third kappa shape index (κ3) is 3.93. The van der Waals surface area contributed by atoms with E-state index in [2.05, 4.69) is 27.0 Å². The molecule has 0 unspecified atom stereocenters. The van der Waals surface area contributed by atoms with Gasteiger partial charge in [-0.25, -0.2) is 4.68 Å². The van der Waals surface area contributed by atoms with E-state index in [-0.39, 0.29) is 11.9 Å². The van der Waals surface area contributed by atoms with Crippen molar-refractivity contribution in [2.75, 3.05) is 17.9 Å². The van der Waals surface area contributed by atoms with Gasteiger partial charge in [-0.2, -0.15) is 0 Å². The molecule has 8 heteroatoms. The zero-order chi connectivity index (χ0) is 20.5. The minimum absolute atomic E-state index is 0.0831. The van der Waals surface area contributed by atoms with Crippen molar-refractivity contribution < 1.29 is 9.53 Å². The van der Waals surface area contributed by atoms with Gasteiger partial charge in [-0.1, -0.05) is 30.0 Å². The molecule has 1 aliphatic heterocycles. The van der Waals surface area contributed by atoms with E-state index < -0.39 is 5.25 Å². The first-order chi connectivity index (χ1) is 13.9. The molecule has 7 nitrogen and oxygen atoms in total. The first kappa shape index (κ1) is 19.3. The maximum Gasteiger partial charge on any atom is 0.240 e. The van der Waals surface area contributed by atoms with Crippen LogP contribution in [0, 0.1) is 20.8 Å². The summed E-state index contributed by atoms with van der Waals surface area (Å²) >= 11 is 1.41. The van der Waals surface area contributed by atoms with Crippen LogP contribution in [0.2, 0.25) is 0 Å². The van der Waals surface area contributed by atoms with Crippen LogP contribution in [0.25, 0.3) is 0 Å². The van der Waals surface area contributed by atoms with Gasteiger partial charge in [0.05, 0.1) is 13.2 Å². The molecule has 0 aliphatic carbocycles. The van der Waals surface area contributed by atoms with Crippen LogP contribution in [-0.4, -0.2) is 33.1 Å². The van der Waals surface area contributed by atoms with E-state index >= 15 is 0 Å². The number of ether oxygens (including phenoxy) is 1. The predicted octanol–water partition coefficient (Wildman–Crippen LogP) is 3.61. The first-order valence-electron chi connectivity index (χ1n) is 9.33. The lowest BCUT2D eigenvalue weighted by Gasteiger charge is -2.32. The Labute approximate surface area is 173 Å². The number of carbonyl (C=O) groups is 1. The summed E-state index contributed by atoms with van der Waals surface area (Å²) in [6.07, 6.45) is 0. The first-order valence-corrected chi connectivity index (χ1v) is 10.2. The number of nitrogens with one attached hydrogen (secondary N) is 2. The van der Waals surface area contributed by atoms with Gasteiger partial charge in [-0.3, -0.25) is 4.79 Å². The van der Waals surface area contributed by atoms with E-state index in [0.717, 1.165) is 34.0 Å². The highest BCUT2D eigenvalue weighted by molar-refractivity contribution is 8.00. The smallest absolute Gasteiger partial charge is 0.240 e. The SMILES string of the molecule is COc1ccc([C@H]2Nn3c(C)nnc3S[C@@H]2C(=O)Nc2cc(C)cc(C)c2)cc1. The Morgan fingerprint density at radius 2 is 1.79 bits per heavy atom. The van der Waals surface area contributed by atoms with E-state index in [4.69, 9.17) is 4.74 Å². The molecule has 4 rings (SSSR count). The Morgan fingerprint density at radius 3 is 2.45 bits per heavy atom. The molecule has 3 aromatic rings. The molecule has 0 saturated heterocycles. The summed E-state index contributed by atoms with van der Waals surface area (Å²) in [7, 11) is 1.64. The van der Waals surface area contributed by atoms with Gasteiger partial charge in [-0.05, 0) is 61.7 Å². The third-order valence-electron chi connectivity index (χ3n) is 4.82. The fourth-order valence-corrected chi connectivity index (χ4v) is 4.61. The monoisotopic (exact) mass is 409 g/mol. The summed E-state index contributed by atoms with van der Waals surface area (Å²) in [6, 6.07) is 13.5. The Bertz CT molecular complexity index is 1030. The Balaban J connectivity index is 1.66. The van der Waals surface area contributed by atoms with E-state index in [1.807, 2.05) is 61.8 Å². The fourth-order valence-electron chi connectivity index (χ4n) is 3.48. The van der Waals surface area contributed by atoms with Gasteiger partial charge in [0.15, 0.2) is 0 Å². The number of methoxy groups -OCH3 is 1. The van der Waals surface area contributed by atoms with Crippen LogP contribution < -0.4 is 15.5 Å². The topological polar surface area (TPSA) is 81.1 Å². The molecule has 2 aromatic carbocycles. The van der Waals surface area contributed by atoms with Crippen LogP contribution in [0.5, 0.6) is 5.75 Å². The number of anilines is 1. The molecule has 2 N–H and O–H groups in total. The van der Waals surface area contributed by atoms with Gasteiger partial charge in [0.1, 0.15) is 16.8 Å². The predicted molar refractivity (Wildman–Crippen MR) is 114 cm³/mol. The number of hydrogen-bond donors (Lipinski definition) is 2. The normalized spacial score (nSPS) is 17.9. The largest absolute Gasteiger partial charge is 0.497 e. The molecule has 0 spiro atoms. The molecule has 0 saturated carbocycles. The number of nitrogens with zero attached hydrogens (tertiary/aromatic N) is 3. The van der Waals surface area contributed by atoms with Crippen molar-refractivity contribution in [2.45, 2.75) is 37.2 Å². The molecule has 1 aromatic heterocycles. The second-order valence-electron chi connectivity index (χ2n) is 7.15. The lowest BCUT2D eigenvalue weighted by atomic mass is 10.0. The molecule has 1 aliphatic rings. The third-order valence-corrected chi connectivity index (χ3v) is 6.04. The molecule has 0 fully saturated rings. The minimum atomic E-state index is -0.416. The second kappa shape index (κ2) is 7.79. The number of amides is 1. The van der Waals surface area contributed by atoms with Crippen molar-refractivity contribution in [1.82, 2.24) is 14.9 Å². The van der Waals surface area contributed by atoms with Crippen molar-refractivity contribution >= 4 is 23.4 Å². The van der Waals surface area contributed by atoms with E-state index in [1.165, 1.54) is 11.8 Å². The van der Waals surface area contributed by atoms with Crippen molar-refractivity contribution in [2.24, 2.45) is 0 Å². The molecule has 2 atom stereocenters. The van der Waals surface area contributed by atoms with Gasteiger partial charge in [0.25, 0.3) is 0 Å². The highest BCUT2D eigenvalue weighted by Gasteiger charge is 2.37. The minimum Gasteiger partial charge on any atom is -0.497 e. The maximum atomic E-state index is 13.3. The van der Waals surface area contributed by atoms with Crippen LogP contribution in [0.1, 0.15) is 28.6 Å². The standard InChI is InChI=1S/C21H23N5O2S/c1-12-9-13(2)11-16(10-12)22-20(27)19-18(15-5-7-17(28-4)8-6-15)25-26-14(3)23-24-21(26)29-19/h5-11,18-19,25H,1-4H3,(H,22,27)/t18-,19+/m1/s1. The van der Waals surface area contributed by atoms with Gasteiger partial charge in [0.2, 0.25) is 11.1 Å². The molecular formula is C21H23N5O2S. The summed E-state index contributed by atoms with van der Waals surface area (Å²) in [5.74, 6) is 1.44. The van der Waals surface area contributed by atoms with Crippen LogP contribution >= 0.6 is 11.8 Å². The number of fused-ring (bicyclic) bond motifs is 1. The Hall–Kier alpha value is -3.00. The molecule has 150 valence electrons. The number of carbonyl (C=O) groups excluding carboxylic acids is 1. The summed E-state index contributed by atoms with van der Waals surface area (Å²) < 4.78 is 7.10. The number of rotatable bonds is 4. The number of aromatic nitrogens is 3. The molecule has 29 heavy (non-hydrogen) atoms. The Morgan fingerprint density at radius 1 is 1.10 bits per heavy atom. The fraction of sp³-hybridized carbons (Fsp3) is 0.286. The highest BCUT2D eigenvalue weighted by atomic mass is 32.2. The quantitative estimate of drug-likeness (QED) is 0.685. The molecule has 2 heterocycles.